The van der Waals surface area contributed by atoms with Crippen LogP contribution in [0.5, 0.6) is 0 Å². The van der Waals surface area contributed by atoms with Gasteiger partial charge in [0.15, 0.2) is 0 Å². The van der Waals surface area contributed by atoms with Crippen LogP contribution in [-0.2, 0) is 16.0 Å². The standard InChI is InChI=1S/C12H17N3O2/c1-9(16)7-11-8-13-10(2)14-12(11)15-3-5-17-6-4-15/h8H,3-7H2,1-2H3. The second kappa shape index (κ2) is 5.23. The molecular weight excluding hydrogens is 218 g/mol. The van der Waals surface area contributed by atoms with Crippen molar-refractivity contribution in [2.24, 2.45) is 0 Å². The molecule has 0 aromatic carbocycles. The largest absolute Gasteiger partial charge is 0.378 e. The number of hydrogen-bond donors (Lipinski definition) is 0. The number of carbonyl (C=O) groups excluding carboxylic acids is 1. The molecule has 1 aliphatic heterocycles. The Bertz CT molecular complexity index is 414. The number of Topliss-reactive ketones (excluding diaryl/α,β-unsaturated/α-hetero) is 1. The molecule has 92 valence electrons. The number of nitrogens with zero attached hydrogens (tertiary/aromatic N) is 3. The summed E-state index contributed by atoms with van der Waals surface area (Å²) >= 11 is 0. The summed E-state index contributed by atoms with van der Waals surface area (Å²) in [5, 5.41) is 0. The van der Waals surface area contributed by atoms with E-state index < -0.39 is 0 Å². The minimum atomic E-state index is 0.131. The zero-order chi connectivity index (χ0) is 12.3. The minimum Gasteiger partial charge on any atom is -0.378 e. The lowest BCUT2D eigenvalue weighted by Gasteiger charge is -2.29. The van der Waals surface area contributed by atoms with Gasteiger partial charge in [-0.3, -0.25) is 4.79 Å². The number of anilines is 1. The summed E-state index contributed by atoms with van der Waals surface area (Å²) in [5.74, 6) is 1.75. The van der Waals surface area contributed by atoms with E-state index in [1.165, 1.54) is 0 Å². The molecule has 0 bridgehead atoms. The molecule has 2 heterocycles. The van der Waals surface area contributed by atoms with Crippen molar-refractivity contribution in [3.8, 4) is 0 Å². The van der Waals surface area contributed by atoms with Crippen LogP contribution in [0.4, 0.5) is 5.82 Å². The van der Waals surface area contributed by atoms with Gasteiger partial charge in [0.1, 0.15) is 17.4 Å². The SMILES string of the molecule is CC(=O)Cc1cnc(C)nc1N1CCOCC1. The lowest BCUT2D eigenvalue weighted by molar-refractivity contribution is -0.116. The third-order valence-corrected chi connectivity index (χ3v) is 2.71. The maximum absolute atomic E-state index is 11.2. The van der Waals surface area contributed by atoms with Gasteiger partial charge in [-0.25, -0.2) is 9.97 Å². The van der Waals surface area contributed by atoms with Crippen LogP contribution < -0.4 is 4.90 Å². The van der Waals surface area contributed by atoms with Crippen LogP contribution >= 0.6 is 0 Å². The first-order valence-electron chi connectivity index (χ1n) is 5.81. The maximum Gasteiger partial charge on any atom is 0.136 e. The van der Waals surface area contributed by atoms with Gasteiger partial charge in [-0.05, 0) is 13.8 Å². The second-order valence-corrected chi connectivity index (χ2v) is 4.24. The van der Waals surface area contributed by atoms with E-state index in [1.807, 2.05) is 6.92 Å². The van der Waals surface area contributed by atoms with E-state index in [4.69, 9.17) is 4.74 Å². The van der Waals surface area contributed by atoms with Crippen molar-refractivity contribution in [3.05, 3.63) is 17.6 Å². The highest BCUT2D eigenvalue weighted by atomic mass is 16.5. The fourth-order valence-electron chi connectivity index (χ4n) is 1.92. The highest BCUT2D eigenvalue weighted by Crippen LogP contribution is 2.19. The molecule has 0 unspecified atom stereocenters. The quantitative estimate of drug-likeness (QED) is 0.774. The normalized spacial score (nSPS) is 16.0. The molecule has 0 atom stereocenters. The van der Waals surface area contributed by atoms with Gasteiger partial charge in [0.25, 0.3) is 0 Å². The number of hydrogen-bond acceptors (Lipinski definition) is 5. The van der Waals surface area contributed by atoms with E-state index >= 15 is 0 Å². The number of carbonyl (C=O) groups is 1. The summed E-state index contributed by atoms with van der Waals surface area (Å²) < 4.78 is 5.32. The number of morpholine rings is 1. The van der Waals surface area contributed by atoms with Crippen molar-refractivity contribution in [1.82, 2.24) is 9.97 Å². The summed E-state index contributed by atoms with van der Waals surface area (Å²) in [6.07, 6.45) is 2.15. The summed E-state index contributed by atoms with van der Waals surface area (Å²) in [4.78, 5) is 22.0. The molecule has 0 spiro atoms. The first-order chi connectivity index (χ1) is 8.16. The number of aromatic nitrogens is 2. The molecule has 0 saturated carbocycles. The molecule has 0 radical (unpaired) electrons. The van der Waals surface area contributed by atoms with Gasteiger partial charge in [0.2, 0.25) is 0 Å². The third kappa shape index (κ3) is 3.00. The first kappa shape index (κ1) is 12.0. The van der Waals surface area contributed by atoms with E-state index in [0.29, 0.717) is 19.6 Å². The molecule has 2 rings (SSSR count). The molecule has 0 N–H and O–H groups in total. The topological polar surface area (TPSA) is 55.3 Å². The fourth-order valence-corrected chi connectivity index (χ4v) is 1.92. The average Bonchev–Trinajstić information content (AvgIpc) is 2.32. The summed E-state index contributed by atoms with van der Waals surface area (Å²) in [5.41, 5.74) is 0.907. The zero-order valence-corrected chi connectivity index (χ0v) is 10.3. The van der Waals surface area contributed by atoms with Gasteiger partial charge >= 0.3 is 0 Å². The fraction of sp³-hybridized carbons (Fsp3) is 0.583. The first-order valence-corrected chi connectivity index (χ1v) is 5.81. The molecule has 1 saturated heterocycles. The summed E-state index contributed by atoms with van der Waals surface area (Å²) in [6, 6.07) is 0. The molecule has 5 nitrogen and oxygen atoms in total. The lowest BCUT2D eigenvalue weighted by Crippen LogP contribution is -2.37. The number of ketones is 1. The van der Waals surface area contributed by atoms with Gasteiger partial charge < -0.3 is 9.64 Å². The van der Waals surface area contributed by atoms with Crippen molar-refractivity contribution in [2.75, 3.05) is 31.2 Å². The summed E-state index contributed by atoms with van der Waals surface area (Å²) in [6.45, 7) is 6.51. The molecule has 0 amide bonds. The molecule has 5 heteroatoms. The average molecular weight is 235 g/mol. The zero-order valence-electron chi connectivity index (χ0n) is 10.3. The van der Waals surface area contributed by atoms with E-state index in [2.05, 4.69) is 14.9 Å². The monoisotopic (exact) mass is 235 g/mol. The molecule has 0 aliphatic carbocycles. The van der Waals surface area contributed by atoms with Crippen molar-refractivity contribution in [2.45, 2.75) is 20.3 Å². The number of aryl methyl sites for hydroxylation is 1. The van der Waals surface area contributed by atoms with Gasteiger partial charge in [-0.1, -0.05) is 0 Å². The van der Waals surface area contributed by atoms with Crippen molar-refractivity contribution in [1.29, 1.82) is 0 Å². The van der Waals surface area contributed by atoms with Crippen LogP contribution in [0.25, 0.3) is 0 Å². The van der Waals surface area contributed by atoms with E-state index in [-0.39, 0.29) is 5.78 Å². The highest BCUT2D eigenvalue weighted by Gasteiger charge is 2.17. The Kier molecular flexibility index (Phi) is 3.68. The molecule has 1 aromatic rings. The molecular formula is C12H17N3O2. The third-order valence-electron chi connectivity index (χ3n) is 2.71. The Morgan fingerprint density at radius 1 is 1.47 bits per heavy atom. The van der Waals surface area contributed by atoms with Crippen LogP contribution in [-0.4, -0.2) is 42.1 Å². The van der Waals surface area contributed by atoms with Gasteiger partial charge in [0.05, 0.1) is 13.2 Å². The Morgan fingerprint density at radius 3 is 2.82 bits per heavy atom. The molecule has 1 aliphatic rings. The van der Waals surface area contributed by atoms with Crippen LogP contribution in [0.15, 0.2) is 6.20 Å². The van der Waals surface area contributed by atoms with Crippen LogP contribution in [0.1, 0.15) is 18.3 Å². The Hall–Kier alpha value is -1.49. The van der Waals surface area contributed by atoms with Crippen LogP contribution in [0.2, 0.25) is 0 Å². The van der Waals surface area contributed by atoms with Crippen LogP contribution in [0, 0.1) is 6.92 Å². The number of ether oxygens (including phenoxy) is 1. The maximum atomic E-state index is 11.2. The van der Waals surface area contributed by atoms with Crippen molar-refractivity contribution >= 4 is 11.6 Å². The van der Waals surface area contributed by atoms with Gasteiger partial charge in [-0.15, -0.1) is 0 Å². The second-order valence-electron chi connectivity index (χ2n) is 4.24. The van der Waals surface area contributed by atoms with E-state index in [0.717, 1.165) is 30.3 Å². The van der Waals surface area contributed by atoms with Gasteiger partial charge in [0, 0.05) is 31.3 Å². The van der Waals surface area contributed by atoms with Crippen molar-refractivity contribution in [3.63, 3.8) is 0 Å². The van der Waals surface area contributed by atoms with Crippen LogP contribution in [0.3, 0.4) is 0 Å². The minimum absolute atomic E-state index is 0.131. The predicted molar refractivity (Wildman–Crippen MR) is 64.2 cm³/mol. The van der Waals surface area contributed by atoms with Crippen molar-refractivity contribution < 1.29 is 9.53 Å². The van der Waals surface area contributed by atoms with Gasteiger partial charge in [-0.2, -0.15) is 0 Å². The Balaban J connectivity index is 2.28. The smallest absolute Gasteiger partial charge is 0.136 e. The Labute approximate surface area is 101 Å². The summed E-state index contributed by atoms with van der Waals surface area (Å²) in [7, 11) is 0. The predicted octanol–water partition coefficient (Wildman–Crippen LogP) is 0.753. The lowest BCUT2D eigenvalue weighted by atomic mass is 10.1. The molecule has 17 heavy (non-hydrogen) atoms. The molecule has 1 aromatic heterocycles. The molecule has 1 fully saturated rings. The van der Waals surface area contributed by atoms with E-state index in [9.17, 15) is 4.79 Å². The Morgan fingerprint density at radius 2 is 2.18 bits per heavy atom. The highest BCUT2D eigenvalue weighted by molar-refractivity contribution is 5.79. The number of rotatable bonds is 3. The van der Waals surface area contributed by atoms with E-state index in [1.54, 1.807) is 13.1 Å².